The van der Waals surface area contributed by atoms with E-state index >= 15 is 0 Å². The smallest absolute Gasteiger partial charge is 0.0343 e. The number of rotatable bonds is 4. The van der Waals surface area contributed by atoms with Gasteiger partial charge in [0.1, 0.15) is 0 Å². The standard InChI is InChI=1S/C10H17N/c1-5-8(4)9(6-2)10(11)7-3/h6-8H,2-3,5,11H2,1,4H3/b10-9-. The quantitative estimate of drug-likeness (QED) is 0.614. The average Bonchev–Trinajstić information content (AvgIpc) is 2.05. The van der Waals surface area contributed by atoms with Crippen LogP contribution in [0, 0.1) is 5.92 Å². The molecule has 0 saturated carbocycles. The van der Waals surface area contributed by atoms with Crippen LogP contribution >= 0.6 is 0 Å². The Kier molecular flexibility index (Phi) is 4.35. The van der Waals surface area contributed by atoms with E-state index in [2.05, 4.69) is 27.0 Å². The van der Waals surface area contributed by atoms with Crippen LogP contribution in [0.5, 0.6) is 0 Å². The van der Waals surface area contributed by atoms with Crippen LogP contribution in [0.3, 0.4) is 0 Å². The summed E-state index contributed by atoms with van der Waals surface area (Å²) in [6.07, 6.45) is 4.56. The normalized spacial score (nSPS) is 15.1. The second-order valence-electron chi connectivity index (χ2n) is 2.63. The predicted octanol–water partition coefficient (Wildman–Crippen LogP) is 2.62. The summed E-state index contributed by atoms with van der Waals surface area (Å²) in [6, 6.07) is 0. The highest BCUT2D eigenvalue weighted by Gasteiger charge is 2.04. The van der Waals surface area contributed by atoms with Gasteiger partial charge in [-0.05, 0) is 24.0 Å². The molecule has 2 N–H and O–H groups in total. The summed E-state index contributed by atoms with van der Waals surface area (Å²) in [7, 11) is 0. The lowest BCUT2D eigenvalue weighted by molar-refractivity contribution is 0.665. The molecule has 0 aromatic carbocycles. The fourth-order valence-electron chi connectivity index (χ4n) is 0.941. The van der Waals surface area contributed by atoms with Gasteiger partial charge in [0, 0.05) is 5.70 Å². The van der Waals surface area contributed by atoms with Gasteiger partial charge in [-0.25, -0.2) is 0 Å². The first kappa shape index (κ1) is 10.0. The first-order chi connectivity index (χ1) is 5.17. The number of allylic oxidation sites excluding steroid dienone is 3. The molecule has 0 aliphatic heterocycles. The van der Waals surface area contributed by atoms with Crippen molar-refractivity contribution >= 4 is 0 Å². The van der Waals surface area contributed by atoms with Gasteiger partial charge in [0.15, 0.2) is 0 Å². The van der Waals surface area contributed by atoms with E-state index in [-0.39, 0.29) is 0 Å². The molecule has 62 valence electrons. The highest BCUT2D eigenvalue weighted by atomic mass is 14.6. The number of hydrogen-bond acceptors (Lipinski definition) is 1. The molecule has 0 saturated heterocycles. The molecule has 0 heterocycles. The molecule has 1 nitrogen and oxygen atoms in total. The minimum Gasteiger partial charge on any atom is -0.399 e. The summed E-state index contributed by atoms with van der Waals surface area (Å²) in [5.41, 5.74) is 7.54. The van der Waals surface area contributed by atoms with Crippen molar-refractivity contribution in [3.63, 3.8) is 0 Å². The van der Waals surface area contributed by atoms with Gasteiger partial charge in [-0.1, -0.05) is 33.1 Å². The lowest BCUT2D eigenvalue weighted by Gasteiger charge is -2.11. The lowest BCUT2D eigenvalue weighted by atomic mass is 9.97. The van der Waals surface area contributed by atoms with E-state index < -0.39 is 0 Å². The third-order valence-electron chi connectivity index (χ3n) is 1.92. The van der Waals surface area contributed by atoms with Gasteiger partial charge in [0.05, 0.1) is 0 Å². The maximum Gasteiger partial charge on any atom is 0.0343 e. The molecule has 0 radical (unpaired) electrons. The van der Waals surface area contributed by atoms with Crippen LogP contribution in [0.4, 0.5) is 0 Å². The van der Waals surface area contributed by atoms with Crippen LogP contribution in [0.2, 0.25) is 0 Å². The van der Waals surface area contributed by atoms with E-state index in [1.165, 1.54) is 0 Å². The third kappa shape index (κ3) is 2.62. The van der Waals surface area contributed by atoms with Crippen molar-refractivity contribution in [3.8, 4) is 0 Å². The molecule has 0 spiro atoms. The van der Waals surface area contributed by atoms with Gasteiger partial charge in [-0.15, -0.1) is 0 Å². The Morgan fingerprint density at radius 3 is 2.27 bits per heavy atom. The highest BCUT2D eigenvalue weighted by Crippen LogP contribution is 2.17. The van der Waals surface area contributed by atoms with Crippen LogP contribution in [0.15, 0.2) is 36.6 Å². The van der Waals surface area contributed by atoms with Crippen molar-refractivity contribution in [2.45, 2.75) is 20.3 Å². The Morgan fingerprint density at radius 1 is 1.45 bits per heavy atom. The minimum atomic E-state index is 0.477. The van der Waals surface area contributed by atoms with Gasteiger partial charge >= 0.3 is 0 Å². The van der Waals surface area contributed by atoms with E-state index in [1.807, 2.05) is 6.08 Å². The van der Waals surface area contributed by atoms with E-state index in [4.69, 9.17) is 5.73 Å². The van der Waals surface area contributed by atoms with Crippen LogP contribution in [0.1, 0.15) is 20.3 Å². The van der Waals surface area contributed by atoms with Crippen LogP contribution < -0.4 is 5.73 Å². The summed E-state index contributed by atoms with van der Waals surface area (Å²) < 4.78 is 0. The fourth-order valence-corrected chi connectivity index (χ4v) is 0.941. The van der Waals surface area contributed by atoms with Gasteiger partial charge < -0.3 is 5.73 Å². The van der Waals surface area contributed by atoms with Gasteiger partial charge in [0.25, 0.3) is 0 Å². The van der Waals surface area contributed by atoms with Gasteiger partial charge in [-0.2, -0.15) is 0 Å². The zero-order valence-electron chi connectivity index (χ0n) is 7.43. The van der Waals surface area contributed by atoms with E-state index in [9.17, 15) is 0 Å². The molecule has 1 unspecified atom stereocenters. The third-order valence-corrected chi connectivity index (χ3v) is 1.92. The van der Waals surface area contributed by atoms with Gasteiger partial charge in [0.2, 0.25) is 0 Å². The van der Waals surface area contributed by atoms with E-state index in [0.29, 0.717) is 5.92 Å². The summed E-state index contributed by atoms with van der Waals surface area (Å²) in [5, 5.41) is 0. The first-order valence-corrected chi connectivity index (χ1v) is 3.91. The minimum absolute atomic E-state index is 0.477. The summed E-state index contributed by atoms with van der Waals surface area (Å²) in [4.78, 5) is 0. The number of hydrogen-bond donors (Lipinski definition) is 1. The summed E-state index contributed by atoms with van der Waals surface area (Å²) in [5.74, 6) is 0.477. The Hall–Kier alpha value is -0.980. The molecule has 0 aromatic rings. The molecule has 0 bridgehead atoms. The lowest BCUT2D eigenvalue weighted by Crippen LogP contribution is -2.04. The molecule has 0 aliphatic carbocycles. The highest BCUT2D eigenvalue weighted by molar-refractivity contribution is 5.30. The molecule has 0 fully saturated rings. The molecule has 1 atom stereocenters. The molecule has 11 heavy (non-hydrogen) atoms. The molecule has 0 aromatic heterocycles. The zero-order valence-corrected chi connectivity index (χ0v) is 7.43. The second kappa shape index (κ2) is 4.78. The maximum absolute atomic E-state index is 5.69. The first-order valence-electron chi connectivity index (χ1n) is 3.91. The van der Waals surface area contributed by atoms with Crippen LogP contribution in [0.25, 0.3) is 0 Å². The largest absolute Gasteiger partial charge is 0.399 e. The molecular weight excluding hydrogens is 134 g/mol. The molecular formula is C10H17N. The Morgan fingerprint density at radius 2 is 2.00 bits per heavy atom. The maximum atomic E-state index is 5.69. The van der Waals surface area contributed by atoms with Crippen molar-refractivity contribution in [2.24, 2.45) is 11.7 Å². The molecule has 0 amide bonds. The van der Waals surface area contributed by atoms with Crippen molar-refractivity contribution in [1.29, 1.82) is 0 Å². The SMILES string of the molecule is C=C/C(N)=C(\C=C)C(C)CC. The Balaban J connectivity index is 4.63. The fraction of sp³-hybridized carbons (Fsp3) is 0.400. The average molecular weight is 151 g/mol. The second-order valence-corrected chi connectivity index (χ2v) is 2.63. The molecule has 1 heteroatoms. The number of nitrogens with two attached hydrogens (primary N) is 1. The zero-order chi connectivity index (χ0) is 8.85. The van der Waals surface area contributed by atoms with Crippen molar-refractivity contribution in [1.82, 2.24) is 0 Å². The van der Waals surface area contributed by atoms with E-state index in [1.54, 1.807) is 6.08 Å². The molecule has 0 rings (SSSR count). The Labute approximate surface area is 69.3 Å². The van der Waals surface area contributed by atoms with E-state index in [0.717, 1.165) is 17.7 Å². The van der Waals surface area contributed by atoms with Crippen molar-refractivity contribution in [3.05, 3.63) is 36.6 Å². The predicted molar refractivity (Wildman–Crippen MR) is 51.1 cm³/mol. The van der Waals surface area contributed by atoms with Crippen LogP contribution in [-0.4, -0.2) is 0 Å². The Bertz CT molecular complexity index is 177. The topological polar surface area (TPSA) is 26.0 Å². The summed E-state index contributed by atoms with van der Waals surface area (Å²) in [6.45, 7) is 11.6. The van der Waals surface area contributed by atoms with Gasteiger partial charge in [-0.3, -0.25) is 0 Å². The summed E-state index contributed by atoms with van der Waals surface area (Å²) >= 11 is 0. The van der Waals surface area contributed by atoms with Crippen molar-refractivity contribution < 1.29 is 0 Å². The van der Waals surface area contributed by atoms with Crippen LogP contribution in [-0.2, 0) is 0 Å². The monoisotopic (exact) mass is 151 g/mol. The molecule has 0 aliphatic rings. The van der Waals surface area contributed by atoms with Crippen molar-refractivity contribution in [2.75, 3.05) is 0 Å².